The molecule has 0 unspecified atom stereocenters. The molecule has 0 saturated heterocycles. The minimum Gasteiger partial charge on any atom is -0.504 e. The average Bonchev–Trinajstić information content (AvgIpc) is 2.54. The van der Waals surface area contributed by atoms with Crippen molar-refractivity contribution in [2.45, 2.75) is 43.2 Å². The number of carboxylic acids is 1. The van der Waals surface area contributed by atoms with Crippen LogP contribution in [0.25, 0.3) is 0 Å². The normalized spacial score (nSPS) is 28.8. The Morgan fingerprint density at radius 3 is 2.31 bits per heavy atom. The molecule has 0 amide bonds. The molecule has 9 nitrogen and oxygen atoms in total. The lowest BCUT2D eigenvalue weighted by Gasteiger charge is -2.39. The zero-order valence-electron chi connectivity index (χ0n) is 13.6. The minimum atomic E-state index is -2.28. The first-order chi connectivity index (χ1) is 12.1. The number of aliphatic hydroxyl groups is 3. The van der Waals surface area contributed by atoms with E-state index in [4.69, 9.17) is 9.84 Å². The number of hydrogen-bond donors (Lipinski definition) is 6. The smallest absolute Gasteiger partial charge is 0.335 e. The van der Waals surface area contributed by atoms with Gasteiger partial charge in [0.25, 0.3) is 0 Å². The van der Waals surface area contributed by atoms with Crippen LogP contribution < -0.4 is 0 Å². The molecule has 0 heterocycles. The number of aliphatic hydroxyl groups excluding tert-OH is 2. The van der Waals surface area contributed by atoms with Crippen molar-refractivity contribution in [2.75, 3.05) is 0 Å². The van der Waals surface area contributed by atoms with Crippen molar-refractivity contribution in [3.05, 3.63) is 35.9 Å². The number of carbonyl (C=O) groups excluding carboxylic acids is 1. The van der Waals surface area contributed by atoms with Crippen LogP contribution in [0.1, 0.15) is 18.4 Å². The lowest BCUT2D eigenvalue weighted by atomic mass is 9.79. The van der Waals surface area contributed by atoms with Crippen LogP contribution in [-0.4, -0.2) is 66.5 Å². The van der Waals surface area contributed by atoms with Crippen LogP contribution in [0, 0.1) is 0 Å². The largest absolute Gasteiger partial charge is 0.504 e. The van der Waals surface area contributed by atoms with Gasteiger partial charge in [0.2, 0.25) is 0 Å². The number of hydrogen-bond acceptors (Lipinski definition) is 8. The third-order valence-electron chi connectivity index (χ3n) is 4.15. The van der Waals surface area contributed by atoms with Gasteiger partial charge in [0.15, 0.2) is 23.2 Å². The molecule has 0 bridgehead atoms. The summed E-state index contributed by atoms with van der Waals surface area (Å²) in [4.78, 5) is 22.8. The summed E-state index contributed by atoms with van der Waals surface area (Å²) in [5, 5.41) is 57.2. The van der Waals surface area contributed by atoms with E-state index >= 15 is 0 Å². The summed E-state index contributed by atoms with van der Waals surface area (Å²) in [6.45, 7) is 0. The van der Waals surface area contributed by atoms with E-state index in [-0.39, 0.29) is 17.9 Å². The summed E-state index contributed by atoms with van der Waals surface area (Å²) in [5.74, 6) is -2.99. The molecule has 26 heavy (non-hydrogen) atoms. The lowest BCUT2D eigenvalue weighted by molar-refractivity contribution is -0.196. The molecule has 1 saturated carbocycles. The number of carbonyl (C=O) groups is 2. The number of allylic oxidation sites excluding steroid dienone is 1. The monoisotopic (exact) mass is 368 g/mol. The van der Waals surface area contributed by atoms with E-state index in [9.17, 15) is 35.1 Å². The molecule has 9 heteroatoms. The van der Waals surface area contributed by atoms with Crippen molar-refractivity contribution in [3.63, 3.8) is 0 Å². The standard InChI is InChI=1S/C17H20O9/c18-10-5-4-9(6-11(10)19)2-1-3-14(22)26-15-12(20)7-17(25,16(23)24)8-13(15)21/h1,3-6,12-13,15,18-21,25H,2,7-8H2,(H,23,24)/b3-1+/t12-,13-,15?,17?/m1/s1. The second kappa shape index (κ2) is 7.73. The Kier molecular flexibility index (Phi) is 5.86. The Labute approximate surface area is 148 Å². The number of aromatic hydroxyl groups is 2. The number of phenolic OH excluding ortho intramolecular Hbond substituents is 2. The van der Waals surface area contributed by atoms with Gasteiger partial charge in [0.1, 0.15) is 0 Å². The topological polar surface area (TPSA) is 165 Å². The van der Waals surface area contributed by atoms with Gasteiger partial charge in [-0.15, -0.1) is 0 Å². The van der Waals surface area contributed by atoms with Crippen molar-refractivity contribution in [3.8, 4) is 11.5 Å². The zero-order chi connectivity index (χ0) is 19.5. The van der Waals surface area contributed by atoms with Crippen molar-refractivity contribution in [1.82, 2.24) is 0 Å². The van der Waals surface area contributed by atoms with E-state index in [0.29, 0.717) is 5.56 Å². The predicted octanol–water partition coefficient (Wildman–Crippen LogP) is -0.560. The summed E-state index contributed by atoms with van der Waals surface area (Å²) in [6, 6.07) is 4.17. The first kappa shape index (κ1) is 19.7. The van der Waals surface area contributed by atoms with Crippen LogP contribution in [-0.2, 0) is 20.7 Å². The maximum Gasteiger partial charge on any atom is 0.335 e. The molecule has 1 aliphatic carbocycles. The van der Waals surface area contributed by atoms with Gasteiger partial charge >= 0.3 is 11.9 Å². The predicted molar refractivity (Wildman–Crippen MR) is 86.3 cm³/mol. The number of carboxylic acid groups (broad SMARTS) is 1. The molecular weight excluding hydrogens is 348 g/mol. The Balaban J connectivity index is 1.92. The quantitative estimate of drug-likeness (QED) is 0.227. The summed E-state index contributed by atoms with van der Waals surface area (Å²) in [6.07, 6.45) is -2.86. The number of esters is 1. The van der Waals surface area contributed by atoms with E-state index in [0.717, 1.165) is 6.08 Å². The molecular formula is C17H20O9. The molecule has 0 spiro atoms. The Bertz CT molecular complexity index is 700. The fraction of sp³-hybridized carbons (Fsp3) is 0.412. The fourth-order valence-electron chi connectivity index (χ4n) is 2.76. The first-order valence-corrected chi connectivity index (χ1v) is 7.82. The Morgan fingerprint density at radius 2 is 1.77 bits per heavy atom. The van der Waals surface area contributed by atoms with Gasteiger partial charge in [-0.1, -0.05) is 12.1 Å². The van der Waals surface area contributed by atoms with E-state index in [1.165, 1.54) is 18.2 Å². The summed E-state index contributed by atoms with van der Waals surface area (Å²) >= 11 is 0. The molecule has 142 valence electrons. The zero-order valence-corrected chi connectivity index (χ0v) is 13.6. The van der Waals surface area contributed by atoms with Crippen LogP contribution >= 0.6 is 0 Å². The Hall–Kier alpha value is -2.62. The second-order valence-electron chi connectivity index (χ2n) is 6.21. The fourth-order valence-corrected chi connectivity index (χ4v) is 2.76. The van der Waals surface area contributed by atoms with Gasteiger partial charge in [0, 0.05) is 18.9 Å². The maximum absolute atomic E-state index is 11.8. The van der Waals surface area contributed by atoms with Crippen molar-refractivity contribution in [1.29, 1.82) is 0 Å². The highest BCUT2D eigenvalue weighted by atomic mass is 16.6. The number of ether oxygens (including phenoxy) is 1. The van der Waals surface area contributed by atoms with Crippen LogP contribution in [0.4, 0.5) is 0 Å². The summed E-state index contributed by atoms with van der Waals surface area (Å²) in [7, 11) is 0. The molecule has 6 N–H and O–H groups in total. The van der Waals surface area contributed by atoms with Gasteiger partial charge in [0.05, 0.1) is 12.2 Å². The van der Waals surface area contributed by atoms with Gasteiger partial charge < -0.3 is 35.4 Å². The SMILES string of the molecule is O=C(/C=C/Cc1ccc(O)c(O)c1)OC1[C@H](O)CC(O)(C(=O)O)C[C@H]1O. The second-order valence-corrected chi connectivity index (χ2v) is 6.21. The number of benzene rings is 1. The lowest BCUT2D eigenvalue weighted by Crippen LogP contribution is -2.57. The molecule has 2 rings (SSSR count). The van der Waals surface area contributed by atoms with Crippen LogP contribution in [0.3, 0.4) is 0 Å². The van der Waals surface area contributed by atoms with E-state index in [1.54, 1.807) is 6.07 Å². The molecule has 1 aromatic rings. The van der Waals surface area contributed by atoms with Gasteiger partial charge in [-0.05, 0) is 24.1 Å². The highest BCUT2D eigenvalue weighted by Gasteiger charge is 2.50. The van der Waals surface area contributed by atoms with Crippen molar-refractivity contribution in [2.24, 2.45) is 0 Å². The molecule has 1 aromatic carbocycles. The van der Waals surface area contributed by atoms with E-state index in [2.05, 4.69) is 0 Å². The molecule has 0 aromatic heterocycles. The van der Waals surface area contributed by atoms with Crippen LogP contribution in [0.2, 0.25) is 0 Å². The highest BCUT2D eigenvalue weighted by Crippen LogP contribution is 2.31. The number of rotatable bonds is 5. The molecule has 0 aliphatic heterocycles. The number of aliphatic carboxylic acids is 1. The first-order valence-electron chi connectivity index (χ1n) is 7.82. The molecule has 1 fully saturated rings. The maximum atomic E-state index is 11.8. The van der Waals surface area contributed by atoms with Crippen LogP contribution in [0.5, 0.6) is 11.5 Å². The average molecular weight is 368 g/mol. The molecule has 2 atom stereocenters. The highest BCUT2D eigenvalue weighted by molar-refractivity contribution is 5.82. The molecule has 1 aliphatic rings. The third-order valence-corrected chi connectivity index (χ3v) is 4.15. The van der Waals surface area contributed by atoms with Crippen LogP contribution in [0.15, 0.2) is 30.4 Å². The van der Waals surface area contributed by atoms with Gasteiger partial charge in [-0.25, -0.2) is 9.59 Å². The van der Waals surface area contributed by atoms with Gasteiger partial charge in [-0.3, -0.25) is 0 Å². The van der Waals surface area contributed by atoms with Gasteiger partial charge in [-0.2, -0.15) is 0 Å². The Morgan fingerprint density at radius 1 is 1.15 bits per heavy atom. The van der Waals surface area contributed by atoms with E-state index in [1.807, 2.05) is 0 Å². The minimum absolute atomic E-state index is 0.247. The summed E-state index contributed by atoms with van der Waals surface area (Å²) < 4.78 is 4.95. The number of phenols is 2. The summed E-state index contributed by atoms with van der Waals surface area (Å²) in [5.41, 5.74) is -1.66. The third kappa shape index (κ3) is 4.51. The van der Waals surface area contributed by atoms with Crippen molar-refractivity contribution < 1.29 is 45.0 Å². The van der Waals surface area contributed by atoms with E-state index < -0.39 is 48.7 Å². The molecule has 0 radical (unpaired) electrons. The van der Waals surface area contributed by atoms with Crippen molar-refractivity contribution >= 4 is 11.9 Å².